The number of ether oxygens (including phenoxy) is 1. The molecule has 0 unspecified atom stereocenters. The molecule has 31 heavy (non-hydrogen) atoms. The number of rotatable bonds is 2. The lowest BCUT2D eigenvalue weighted by Crippen LogP contribution is -2.51. The van der Waals surface area contributed by atoms with Crippen LogP contribution in [0.3, 0.4) is 0 Å². The van der Waals surface area contributed by atoms with Gasteiger partial charge in [-0.1, -0.05) is 6.07 Å². The number of hydrogen-bond acceptors (Lipinski definition) is 6. The summed E-state index contributed by atoms with van der Waals surface area (Å²) in [7, 11) is 1.65. The van der Waals surface area contributed by atoms with E-state index in [-0.39, 0.29) is 46.5 Å². The standard InChI is InChI=1S/C22H25F2N5O2/c1-12-19(25)22(11-31-12)6-8-29(9-7-22)21-27-15-10-26-18(16(15)20(30)28(21)2)13-4-3-5-14(23)17(13)24/h3-5,12,19H,6-11,25H2,1-2H3/t12-,19+/m0/s1. The van der Waals surface area contributed by atoms with Crippen LogP contribution in [0, 0.1) is 17.0 Å². The summed E-state index contributed by atoms with van der Waals surface area (Å²) in [6, 6.07) is 3.88. The van der Waals surface area contributed by atoms with Crippen molar-refractivity contribution in [2.75, 3.05) is 24.6 Å². The number of fused-ring (bicyclic) bond motifs is 1. The van der Waals surface area contributed by atoms with Gasteiger partial charge in [-0.05, 0) is 31.9 Å². The van der Waals surface area contributed by atoms with Crippen molar-refractivity contribution in [2.45, 2.75) is 38.5 Å². The van der Waals surface area contributed by atoms with Crippen molar-refractivity contribution in [2.24, 2.45) is 23.2 Å². The number of aliphatic imine (C=N–C) groups is 1. The fraction of sp³-hybridized carbons (Fsp3) is 0.500. The molecule has 3 aliphatic rings. The molecule has 1 aromatic carbocycles. The average molecular weight is 429 g/mol. The normalized spacial score (nSPS) is 24.5. The maximum atomic E-state index is 14.3. The van der Waals surface area contributed by atoms with Crippen molar-refractivity contribution in [1.29, 1.82) is 0 Å². The minimum Gasteiger partial charge on any atom is -0.376 e. The van der Waals surface area contributed by atoms with Crippen LogP contribution in [0.15, 0.2) is 28.0 Å². The van der Waals surface area contributed by atoms with Crippen LogP contribution in [0.2, 0.25) is 0 Å². The van der Waals surface area contributed by atoms with Crippen LogP contribution in [-0.2, 0) is 18.3 Å². The molecule has 1 aromatic heterocycles. The van der Waals surface area contributed by atoms with Crippen LogP contribution < -0.4 is 16.2 Å². The summed E-state index contributed by atoms with van der Waals surface area (Å²) in [5, 5.41) is 0. The molecule has 9 heteroatoms. The molecule has 0 saturated carbocycles. The van der Waals surface area contributed by atoms with E-state index in [0.29, 0.717) is 18.2 Å². The third-order valence-electron chi connectivity index (χ3n) is 7.06. The Balaban J connectivity index is 1.45. The minimum atomic E-state index is -1.01. The van der Waals surface area contributed by atoms with Gasteiger partial charge in [0.1, 0.15) is 0 Å². The van der Waals surface area contributed by atoms with E-state index in [4.69, 9.17) is 15.5 Å². The van der Waals surface area contributed by atoms with Gasteiger partial charge in [0.25, 0.3) is 5.56 Å². The highest BCUT2D eigenvalue weighted by atomic mass is 19.2. The number of halogens is 2. The fourth-order valence-electron chi connectivity index (χ4n) is 5.03. The molecular weight excluding hydrogens is 404 g/mol. The summed E-state index contributed by atoms with van der Waals surface area (Å²) >= 11 is 0. The van der Waals surface area contributed by atoms with Gasteiger partial charge in [-0.15, -0.1) is 0 Å². The summed E-state index contributed by atoms with van der Waals surface area (Å²) in [5.74, 6) is -1.41. The Morgan fingerprint density at radius 3 is 2.68 bits per heavy atom. The van der Waals surface area contributed by atoms with E-state index in [2.05, 4.69) is 9.89 Å². The van der Waals surface area contributed by atoms with Gasteiger partial charge in [0.05, 0.1) is 36.2 Å². The van der Waals surface area contributed by atoms with Crippen molar-refractivity contribution in [3.8, 4) is 0 Å². The highest BCUT2D eigenvalue weighted by molar-refractivity contribution is 6.14. The molecule has 2 aromatic rings. The lowest BCUT2D eigenvalue weighted by molar-refractivity contribution is 0.0973. The topological polar surface area (TPSA) is 85.7 Å². The van der Waals surface area contributed by atoms with Crippen molar-refractivity contribution in [1.82, 2.24) is 9.55 Å². The fourth-order valence-corrected chi connectivity index (χ4v) is 5.03. The first-order valence-corrected chi connectivity index (χ1v) is 10.5. The van der Waals surface area contributed by atoms with Gasteiger partial charge in [-0.25, -0.2) is 13.8 Å². The first-order chi connectivity index (χ1) is 14.8. The highest BCUT2D eigenvalue weighted by Gasteiger charge is 2.48. The Bertz CT molecular complexity index is 1140. The van der Waals surface area contributed by atoms with Crippen LogP contribution in [0.5, 0.6) is 0 Å². The molecule has 7 nitrogen and oxygen atoms in total. The largest absolute Gasteiger partial charge is 0.376 e. The maximum absolute atomic E-state index is 14.3. The number of aromatic nitrogens is 2. The summed E-state index contributed by atoms with van der Waals surface area (Å²) < 4.78 is 35.3. The molecule has 2 N–H and O–H groups in total. The van der Waals surface area contributed by atoms with Crippen LogP contribution >= 0.6 is 0 Å². The van der Waals surface area contributed by atoms with Gasteiger partial charge >= 0.3 is 0 Å². The van der Waals surface area contributed by atoms with Gasteiger partial charge in [0.2, 0.25) is 5.95 Å². The zero-order valence-electron chi connectivity index (χ0n) is 17.6. The van der Waals surface area contributed by atoms with Gasteiger partial charge in [0.15, 0.2) is 11.6 Å². The highest BCUT2D eigenvalue weighted by Crippen LogP contribution is 2.41. The van der Waals surface area contributed by atoms with Crippen molar-refractivity contribution >= 4 is 11.7 Å². The van der Waals surface area contributed by atoms with E-state index in [1.165, 1.54) is 16.7 Å². The number of piperidine rings is 1. The molecule has 1 spiro atoms. The number of nitrogens with two attached hydrogens (primary N) is 1. The molecule has 2 saturated heterocycles. The summed E-state index contributed by atoms with van der Waals surface area (Å²) in [6.07, 6.45) is 1.77. The third-order valence-corrected chi connectivity index (χ3v) is 7.06. The zero-order chi connectivity index (χ0) is 21.9. The predicted molar refractivity (Wildman–Crippen MR) is 112 cm³/mol. The molecule has 2 atom stereocenters. The van der Waals surface area contributed by atoms with E-state index >= 15 is 0 Å². The monoisotopic (exact) mass is 429 g/mol. The number of anilines is 1. The SMILES string of the molecule is C[C@@H]1OCC2(CCN(c3nc4c(c(=O)n3C)C(c3cccc(F)c3F)=NC4)CC2)[C@@H]1N. The molecule has 0 bridgehead atoms. The van der Waals surface area contributed by atoms with Crippen LogP contribution in [0.25, 0.3) is 0 Å². The Kier molecular flexibility index (Phi) is 4.71. The quantitative estimate of drug-likeness (QED) is 0.786. The Morgan fingerprint density at radius 2 is 2.00 bits per heavy atom. The summed E-state index contributed by atoms with van der Waals surface area (Å²) in [4.78, 5) is 24.3. The first kappa shape index (κ1) is 20.3. The van der Waals surface area contributed by atoms with Crippen molar-refractivity contribution in [3.05, 3.63) is 57.0 Å². The second-order valence-corrected chi connectivity index (χ2v) is 8.76. The Morgan fingerprint density at radius 1 is 1.26 bits per heavy atom. The van der Waals surface area contributed by atoms with Crippen molar-refractivity contribution < 1.29 is 13.5 Å². The molecule has 3 aliphatic heterocycles. The van der Waals surface area contributed by atoms with E-state index in [9.17, 15) is 13.6 Å². The van der Waals surface area contributed by atoms with Gasteiger partial charge in [0, 0.05) is 37.2 Å². The molecule has 4 heterocycles. The lowest BCUT2D eigenvalue weighted by atomic mass is 9.73. The Hall–Kier alpha value is -2.65. The van der Waals surface area contributed by atoms with Gasteiger partial charge in [-0.2, -0.15) is 0 Å². The molecular formula is C22H25F2N5O2. The zero-order valence-corrected chi connectivity index (χ0v) is 17.6. The Labute approximate surface area is 178 Å². The minimum absolute atomic E-state index is 0.00331. The van der Waals surface area contributed by atoms with E-state index in [0.717, 1.165) is 32.0 Å². The van der Waals surface area contributed by atoms with Crippen LogP contribution in [-0.4, -0.2) is 47.1 Å². The lowest BCUT2D eigenvalue weighted by Gasteiger charge is -2.41. The first-order valence-electron chi connectivity index (χ1n) is 10.5. The third kappa shape index (κ3) is 3.02. The number of nitrogens with zero attached hydrogens (tertiary/aromatic N) is 4. The average Bonchev–Trinajstić information content (AvgIpc) is 3.31. The van der Waals surface area contributed by atoms with Crippen LogP contribution in [0.4, 0.5) is 14.7 Å². The second-order valence-electron chi connectivity index (χ2n) is 8.76. The summed E-state index contributed by atoms with van der Waals surface area (Å²) in [6.45, 7) is 4.27. The molecule has 5 rings (SSSR count). The number of hydrogen-bond donors (Lipinski definition) is 1. The van der Waals surface area contributed by atoms with E-state index in [1.807, 2.05) is 6.92 Å². The van der Waals surface area contributed by atoms with Crippen molar-refractivity contribution in [3.63, 3.8) is 0 Å². The molecule has 0 amide bonds. The van der Waals surface area contributed by atoms with E-state index in [1.54, 1.807) is 7.05 Å². The smallest absolute Gasteiger partial charge is 0.264 e. The summed E-state index contributed by atoms with van der Waals surface area (Å²) in [5.41, 5.74) is 6.94. The second kappa shape index (κ2) is 7.20. The molecule has 164 valence electrons. The predicted octanol–water partition coefficient (Wildman–Crippen LogP) is 1.74. The van der Waals surface area contributed by atoms with Gasteiger partial charge in [-0.3, -0.25) is 14.4 Å². The number of benzene rings is 1. The molecule has 0 aliphatic carbocycles. The molecule has 2 fully saturated rings. The molecule has 0 radical (unpaired) electrons. The van der Waals surface area contributed by atoms with E-state index < -0.39 is 11.6 Å². The van der Waals surface area contributed by atoms with Gasteiger partial charge < -0.3 is 15.4 Å². The maximum Gasteiger partial charge on any atom is 0.264 e. The van der Waals surface area contributed by atoms with Crippen LogP contribution in [0.1, 0.15) is 36.6 Å².